The molecule has 1 aliphatic heterocycles. The van der Waals surface area contributed by atoms with Gasteiger partial charge in [-0.15, -0.1) is 0 Å². The fourth-order valence-corrected chi connectivity index (χ4v) is 7.13. The average Bonchev–Trinajstić information content (AvgIpc) is 2.83. The molecule has 7 atom stereocenters. The van der Waals surface area contributed by atoms with Crippen LogP contribution in [0.4, 0.5) is 0 Å². The second-order valence-corrected chi connectivity index (χ2v) is 11.3. The summed E-state index contributed by atoms with van der Waals surface area (Å²) in [7, 11) is 1.60. The number of carbonyl (C=O) groups is 2. The number of nitrogens with zero attached hydrogens (tertiary/aromatic N) is 1. The Morgan fingerprint density at radius 1 is 1.24 bits per heavy atom. The predicted octanol–water partition coefficient (Wildman–Crippen LogP) is 3.55. The van der Waals surface area contributed by atoms with Crippen molar-refractivity contribution in [2.45, 2.75) is 78.0 Å². The highest BCUT2D eigenvalue weighted by molar-refractivity contribution is 5.79. The monoisotopic (exact) mass is 470 g/mol. The maximum Gasteiger partial charge on any atom is 0.226 e. The molecule has 3 aliphatic rings. The van der Waals surface area contributed by atoms with Crippen molar-refractivity contribution in [3.05, 3.63) is 35.4 Å². The number of ether oxygens (including phenoxy) is 1. The average molecular weight is 471 g/mol. The van der Waals surface area contributed by atoms with E-state index in [1.165, 1.54) is 11.1 Å². The minimum Gasteiger partial charge on any atom is -0.392 e. The maximum atomic E-state index is 13.5. The van der Waals surface area contributed by atoms with E-state index in [9.17, 15) is 14.7 Å². The molecule has 4 rings (SSSR count). The molecule has 0 radical (unpaired) electrons. The molecule has 2 N–H and O–H groups in total. The first-order valence-electron chi connectivity index (χ1n) is 13.1. The molecule has 6 nitrogen and oxygen atoms in total. The number of benzene rings is 1. The van der Waals surface area contributed by atoms with Gasteiger partial charge in [0.05, 0.1) is 12.7 Å². The number of hydrogen-bond acceptors (Lipinski definition) is 4. The second-order valence-electron chi connectivity index (χ2n) is 11.3. The summed E-state index contributed by atoms with van der Waals surface area (Å²) in [5.41, 5.74) is 2.62. The van der Waals surface area contributed by atoms with E-state index in [2.05, 4.69) is 37.4 Å². The first-order valence-corrected chi connectivity index (χ1v) is 13.1. The molecule has 2 saturated carbocycles. The summed E-state index contributed by atoms with van der Waals surface area (Å²) in [5.74, 6) is 0.146. The molecule has 1 aromatic rings. The van der Waals surface area contributed by atoms with Gasteiger partial charge in [-0.2, -0.15) is 0 Å². The Morgan fingerprint density at radius 2 is 1.94 bits per heavy atom. The smallest absolute Gasteiger partial charge is 0.226 e. The van der Waals surface area contributed by atoms with Crippen molar-refractivity contribution in [2.75, 3.05) is 20.3 Å². The zero-order valence-corrected chi connectivity index (χ0v) is 21.3. The molecule has 1 aromatic carbocycles. The first-order chi connectivity index (χ1) is 16.2. The lowest BCUT2D eigenvalue weighted by Gasteiger charge is -2.56. The minimum atomic E-state index is -0.538. The van der Waals surface area contributed by atoms with E-state index < -0.39 is 6.10 Å². The molecule has 2 amide bonds. The highest BCUT2D eigenvalue weighted by Gasteiger charge is 2.54. The van der Waals surface area contributed by atoms with Crippen LogP contribution >= 0.6 is 0 Å². The summed E-state index contributed by atoms with van der Waals surface area (Å²) in [6.07, 6.45) is 4.54. The van der Waals surface area contributed by atoms with Crippen molar-refractivity contribution in [3.63, 3.8) is 0 Å². The van der Waals surface area contributed by atoms with Gasteiger partial charge in [0.25, 0.3) is 0 Å². The lowest BCUT2D eigenvalue weighted by atomic mass is 9.51. The number of rotatable bonds is 6. The summed E-state index contributed by atoms with van der Waals surface area (Å²) < 4.78 is 5.04. The molecule has 34 heavy (non-hydrogen) atoms. The van der Waals surface area contributed by atoms with Crippen molar-refractivity contribution < 1.29 is 19.4 Å². The summed E-state index contributed by atoms with van der Waals surface area (Å²) in [4.78, 5) is 27.9. The number of fused-ring (bicyclic) bond motifs is 2. The lowest BCUT2D eigenvalue weighted by molar-refractivity contribution is -0.151. The van der Waals surface area contributed by atoms with Gasteiger partial charge in [0.2, 0.25) is 11.8 Å². The number of nitrogens with one attached hydrogen (secondary N) is 1. The van der Waals surface area contributed by atoms with E-state index >= 15 is 0 Å². The van der Waals surface area contributed by atoms with E-state index in [1.54, 1.807) is 7.11 Å². The predicted molar refractivity (Wildman–Crippen MR) is 132 cm³/mol. The minimum absolute atomic E-state index is 0.0121. The van der Waals surface area contributed by atoms with Gasteiger partial charge in [-0.25, -0.2) is 0 Å². The SMILES string of the molecule is COCCC(=O)N[C@H]1CC[C@@]2(C)CC[C@H]([C@H](C)C(=O)N3CCc4ccccc4C3)[C@H](O)[C@H]2[C@H]1C. The van der Waals surface area contributed by atoms with Crippen LogP contribution in [-0.2, 0) is 27.3 Å². The third kappa shape index (κ3) is 4.90. The molecular formula is C28H42N2O4. The van der Waals surface area contributed by atoms with Gasteiger partial charge in [-0.1, -0.05) is 45.0 Å². The molecule has 0 spiro atoms. The maximum absolute atomic E-state index is 13.5. The molecule has 2 fully saturated rings. The molecule has 0 saturated heterocycles. The Morgan fingerprint density at radius 3 is 2.68 bits per heavy atom. The van der Waals surface area contributed by atoms with Gasteiger partial charge in [0, 0.05) is 38.6 Å². The van der Waals surface area contributed by atoms with Gasteiger partial charge < -0.3 is 20.1 Å². The Balaban J connectivity index is 1.44. The molecule has 6 heteroatoms. The fourth-order valence-electron chi connectivity index (χ4n) is 7.13. The van der Waals surface area contributed by atoms with Gasteiger partial charge in [-0.05, 0) is 66.4 Å². The zero-order valence-electron chi connectivity index (χ0n) is 21.3. The molecular weight excluding hydrogens is 428 g/mol. The molecule has 0 bridgehead atoms. The van der Waals surface area contributed by atoms with Crippen LogP contribution in [0.15, 0.2) is 24.3 Å². The summed E-state index contributed by atoms with van der Waals surface area (Å²) in [6.45, 7) is 8.30. The van der Waals surface area contributed by atoms with Crippen LogP contribution in [0.1, 0.15) is 64.0 Å². The topological polar surface area (TPSA) is 78.9 Å². The number of aliphatic hydroxyl groups is 1. The van der Waals surface area contributed by atoms with Crippen LogP contribution in [0, 0.1) is 29.1 Å². The van der Waals surface area contributed by atoms with E-state index in [1.807, 2.05) is 17.9 Å². The third-order valence-corrected chi connectivity index (χ3v) is 9.24. The van der Waals surface area contributed by atoms with Gasteiger partial charge in [0.1, 0.15) is 0 Å². The van der Waals surface area contributed by atoms with Gasteiger partial charge in [0.15, 0.2) is 0 Å². The van der Waals surface area contributed by atoms with Crippen molar-refractivity contribution in [1.29, 1.82) is 0 Å². The zero-order chi connectivity index (χ0) is 24.5. The van der Waals surface area contributed by atoms with Crippen LogP contribution in [0.3, 0.4) is 0 Å². The second kappa shape index (κ2) is 10.4. The summed E-state index contributed by atoms with van der Waals surface area (Å²) in [6, 6.07) is 8.43. The quantitative estimate of drug-likeness (QED) is 0.666. The summed E-state index contributed by atoms with van der Waals surface area (Å²) >= 11 is 0. The van der Waals surface area contributed by atoms with E-state index in [-0.39, 0.29) is 46.9 Å². The number of hydrogen-bond donors (Lipinski definition) is 2. The number of aliphatic hydroxyl groups excluding tert-OH is 1. The highest BCUT2D eigenvalue weighted by atomic mass is 16.5. The van der Waals surface area contributed by atoms with Crippen LogP contribution in [-0.4, -0.2) is 54.2 Å². The number of carbonyl (C=O) groups excluding carboxylic acids is 2. The van der Waals surface area contributed by atoms with E-state index in [0.29, 0.717) is 19.6 Å². The molecule has 0 aromatic heterocycles. The third-order valence-electron chi connectivity index (χ3n) is 9.24. The number of amides is 2. The highest BCUT2D eigenvalue weighted by Crippen LogP contribution is 2.55. The Labute approximate surface area is 204 Å². The van der Waals surface area contributed by atoms with Crippen LogP contribution in [0.2, 0.25) is 0 Å². The van der Waals surface area contributed by atoms with Gasteiger partial charge >= 0.3 is 0 Å². The first kappa shape index (κ1) is 25.2. The van der Waals surface area contributed by atoms with E-state index in [4.69, 9.17) is 4.74 Å². The molecule has 2 aliphatic carbocycles. The molecule has 188 valence electrons. The standard InChI is InChI=1S/C28H42N2O4/c1-18(27(33)30-15-11-20-7-5-6-8-21(20)17-30)22-9-13-28(3)14-10-23(19(2)25(28)26(22)32)29-24(31)12-16-34-4/h5-8,18-19,22-23,25-26,32H,9-17H2,1-4H3,(H,29,31)/t18-,19-,22+,23-,25+,26-,28+/m0/s1. The fraction of sp³-hybridized carbons (Fsp3) is 0.714. The number of methoxy groups -OCH3 is 1. The van der Waals surface area contributed by atoms with Crippen molar-refractivity contribution >= 4 is 11.8 Å². The van der Waals surface area contributed by atoms with Crippen LogP contribution < -0.4 is 5.32 Å². The van der Waals surface area contributed by atoms with Crippen molar-refractivity contribution in [2.24, 2.45) is 29.1 Å². The Hall–Kier alpha value is -1.92. The van der Waals surface area contributed by atoms with Crippen molar-refractivity contribution in [1.82, 2.24) is 10.2 Å². The Bertz CT molecular complexity index is 889. The van der Waals surface area contributed by atoms with Crippen molar-refractivity contribution in [3.8, 4) is 0 Å². The Kier molecular flexibility index (Phi) is 7.68. The van der Waals surface area contributed by atoms with Gasteiger partial charge in [-0.3, -0.25) is 9.59 Å². The molecule has 1 heterocycles. The molecule has 0 unspecified atom stereocenters. The largest absolute Gasteiger partial charge is 0.392 e. The normalized spacial score (nSPS) is 34.0. The van der Waals surface area contributed by atoms with Crippen LogP contribution in [0.5, 0.6) is 0 Å². The summed E-state index contributed by atoms with van der Waals surface area (Å²) in [5, 5.41) is 14.9. The lowest BCUT2D eigenvalue weighted by Crippen LogP contribution is -2.58. The van der Waals surface area contributed by atoms with E-state index in [0.717, 1.165) is 38.6 Å². The van der Waals surface area contributed by atoms with Crippen LogP contribution in [0.25, 0.3) is 0 Å².